The number of carboxylic acid groups (broad SMARTS) is 1. The Hall–Kier alpha value is -2.08. The SMILES string of the molecule is NC(C(=O)O)C(C=O)c1ccccc1O[C@@H]1O[C@H](CO)[C@@H](O)[C@H](O)[C@H]1O. The molecule has 0 amide bonds. The third kappa shape index (κ3) is 4.01. The van der Waals surface area contributed by atoms with Crippen LogP contribution in [-0.4, -0.2) is 81.1 Å². The lowest BCUT2D eigenvalue weighted by Crippen LogP contribution is -2.60. The summed E-state index contributed by atoms with van der Waals surface area (Å²) in [7, 11) is 0. The third-order valence-electron chi connectivity index (χ3n) is 4.19. The lowest BCUT2D eigenvalue weighted by atomic mass is 9.92. The molecule has 7 atom stereocenters. The molecule has 144 valence electrons. The lowest BCUT2D eigenvalue weighted by Gasteiger charge is -2.39. The fraction of sp³-hybridized carbons (Fsp3) is 0.500. The highest BCUT2D eigenvalue weighted by molar-refractivity contribution is 5.81. The second-order valence-electron chi connectivity index (χ2n) is 5.88. The number of hydrogen-bond acceptors (Lipinski definition) is 9. The van der Waals surface area contributed by atoms with Crippen LogP contribution in [0.5, 0.6) is 5.75 Å². The van der Waals surface area contributed by atoms with Gasteiger partial charge in [0.2, 0.25) is 6.29 Å². The number of aliphatic hydroxyl groups excluding tert-OH is 4. The van der Waals surface area contributed by atoms with Crippen LogP contribution in [0.4, 0.5) is 0 Å². The van der Waals surface area contributed by atoms with Crippen LogP contribution < -0.4 is 10.5 Å². The molecule has 1 fully saturated rings. The largest absolute Gasteiger partial charge is 0.480 e. The zero-order chi connectivity index (χ0) is 19.4. The maximum atomic E-state index is 11.4. The number of carbonyl (C=O) groups is 2. The van der Waals surface area contributed by atoms with E-state index in [1.165, 1.54) is 18.2 Å². The van der Waals surface area contributed by atoms with Crippen molar-refractivity contribution in [2.24, 2.45) is 5.73 Å². The molecule has 0 bridgehead atoms. The summed E-state index contributed by atoms with van der Waals surface area (Å²) in [5.74, 6) is -2.61. The topological polar surface area (TPSA) is 180 Å². The summed E-state index contributed by atoms with van der Waals surface area (Å²) in [4.78, 5) is 22.5. The average Bonchev–Trinajstić information content (AvgIpc) is 2.63. The first-order chi connectivity index (χ1) is 12.3. The summed E-state index contributed by atoms with van der Waals surface area (Å²) in [6.45, 7) is -0.632. The van der Waals surface area contributed by atoms with E-state index in [0.29, 0.717) is 6.29 Å². The number of carbonyl (C=O) groups excluding carboxylic acids is 1. The van der Waals surface area contributed by atoms with E-state index in [-0.39, 0.29) is 11.3 Å². The van der Waals surface area contributed by atoms with Gasteiger partial charge in [-0.1, -0.05) is 18.2 Å². The van der Waals surface area contributed by atoms with Gasteiger partial charge in [0.1, 0.15) is 42.5 Å². The number of hydrogen-bond donors (Lipinski definition) is 6. The molecule has 1 aromatic carbocycles. The fourth-order valence-electron chi connectivity index (χ4n) is 2.66. The van der Waals surface area contributed by atoms with Crippen LogP contribution in [0.25, 0.3) is 0 Å². The van der Waals surface area contributed by atoms with Crippen molar-refractivity contribution in [1.82, 2.24) is 0 Å². The lowest BCUT2D eigenvalue weighted by molar-refractivity contribution is -0.277. The number of aliphatic carboxylic acids is 1. The summed E-state index contributed by atoms with van der Waals surface area (Å²) >= 11 is 0. The minimum absolute atomic E-state index is 0.00521. The Balaban J connectivity index is 2.29. The van der Waals surface area contributed by atoms with E-state index in [4.69, 9.17) is 20.3 Å². The predicted octanol–water partition coefficient (Wildman–Crippen LogP) is -2.44. The average molecular weight is 371 g/mol. The molecule has 0 aliphatic carbocycles. The Labute approximate surface area is 148 Å². The quantitative estimate of drug-likeness (QED) is 0.282. The number of rotatable bonds is 7. The van der Waals surface area contributed by atoms with Crippen molar-refractivity contribution in [3.63, 3.8) is 0 Å². The van der Waals surface area contributed by atoms with Gasteiger partial charge < -0.3 is 45.5 Å². The first-order valence-corrected chi connectivity index (χ1v) is 7.81. The molecule has 1 aliphatic heterocycles. The Morgan fingerprint density at radius 1 is 1.23 bits per heavy atom. The zero-order valence-electron chi connectivity index (χ0n) is 13.6. The molecule has 10 heteroatoms. The summed E-state index contributed by atoms with van der Waals surface area (Å²) in [6.07, 6.45) is -7.11. The zero-order valence-corrected chi connectivity index (χ0v) is 13.6. The molecule has 0 spiro atoms. The number of aliphatic hydroxyl groups is 4. The maximum absolute atomic E-state index is 11.4. The van der Waals surface area contributed by atoms with Crippen LogP contribution in [0.1, 0.15) is 11.5 Å². The Morgan fingerprint density at radius 2 is 1.88 bits per heavy atom. The van der Waals surface area contributed by atoms with Crippen LogP contribution >= 0.6 is 0 Å². The van der Waals surface area contributed by atoms with Crippen molar-refractivity contribution in [2.45, 2.75) is 42.7 Å². The van der Waals surface area contributed by atoms with Crippen molar-refractivity contribution < 1.29 is 44.6 Å². The van der Waals surface area contributed by atoms with E-state index in [2.05, 4.69) is 0 Å². The molecule has 1 aliphatic rings. The molecule has 26 heavy (non-hydrogen) atoms. The van der Waals surface area contributed by atoms with Gasteiger partial charge in [-0.3, -0.25) is 4.79 Å². The molecule has 1 heterocycles. The van der Waals surface area contributed by atoms with Crippen molar-refractivity contribution in [3.05, 3.63) is 29.8 Å². The smallest absolute Gasteiger partial charge is 0.321 e. The number of ether oxygens (including phenoxy) is 2. The number of carboxylic acids is 1. The van der Waals surface area contributed by atoms with Gasteiger partial charge in [0.15, 0.2) is 0 Å². The van der Waals surface area contributed by atoms with E-state index in [1.807, 2.05) is 0 Å². The molecule has 10 nitrogen and oxygen atoms in total. The molecular formula is C16H21NO9. The van der Waals surface area contributed by atoms with Crippen LogP contribution in [0, 0.1) is 0 Å². The molecule has 0 aromatic heterocycles. The van der Waals surface area contributed by atoms with Gasteiger partial charge in [-0.05, 0) is 6.07 Å². The third-order valence-corrected chi connectivity index (χ3v) is 4.19. The molecule has 7 N–H and O–H groups in total. The summed E-state index contributed by atoms with van der Waals surface area (Å²) in [6, 6.07) is 4.40. The summed E-state index contributed by atoms with van der Waals surface area (Å²) in [5.41, 5.74) is 5.69. The van der Waals surface area contributed by atoms with E-state index >= 15 is 0 Å². The molecular weight excluding hydrogens is 350 g/mol. The van der Waals surface area contributed by atoms with Gasteiger partial charge in [-0.25, -0.2) is 0 Å². The Kier molecular flexibility index (Phi) is 6.64. The monoisotopic (exact) mass is 371 g/mol. The van der Waals surface area contributed by atoms with Crippen LogP contribution in [-0.2, 0) is 14.3 Å². The molecule has 0 saturated carbocycles. The van der Waals surface area contributed by atoms with Gasteiger partial charge in [0.05, 0.1) is 12.5 Å². The van der Waals surface area contributed by atoms with Crippen LogP contribution in [0.2, 0.25) is 0 Å². The number of aldehydes is 1. The van der Waals surface area contributed by atoms with Crippen molar-refractivity contribution in [1.29, 1.82) is 0 Å². The van der Waals surface area contributed by atoms with Crippen LogP contribution in [0.3, 0.4) is 0 Å². The minimum Gasteiger partial charge on any atom is -0.480 e. The molecule has 1 aromatic rings. The second kappa shape index (κ2) is 8.54. The van der Waals surface area contributed by atoms with E-state index in [1.54, 1.807) is 6.07 Å². The van der Waals surface area contributed by atoms with Gasteiger partial charge in [0, 0.05) is 5.56 Å². The summed E-state index contributed by atoms with van der Waals surface area (Å²) in [5, 5.41) is 47.9. The molecule has 1 saturated heterocycles. The number of benzene rings is 1. The first kappa shape index (κ1) is 20.2. The van der Waals surface area contributed by atoms with Gasteiger partial charge in [-0.2, -0.15) is 0 Å². The normalized spacial score (nSPS) is 31.0. The van der Waals surface area contributed by atoms with Gasteiger partial charge in [-0.15, -0.1) is 0 Å². The van der Waals surface area contributed by atoms with E-state index in [9.17, 15) is 30.0 Å². The highest BCUT2D eigenvalue weighted by atomic mass is 16.7. The Morgan fingerprint density at radius 3 is 2.46 bits per heavy atom. The first-order valence-electron chi connectivity index (χ1n) is 7.81. The van der Waals surface area contributed by atoms with Gasteiger partial charge >= 0.3 is 5.97 Å². The standard InChI is InChI=1S/C16H21NO9/c17-11(15(23)24)8(5-18)7-3-1-2-4-9(7)25-16-14(22)13(21)12(20)10(6-19)26-16/h1-5,8,10-14,16,19-22H,6,17H2,(H,23,24)/t8?,10-,11?,12-,13+,14-,16-/m1/s1. The molecule has 2 unspecified atom stereocenters. The van der Waals surface area contributed by atoms with E-state index < -0.39 is 55.2 Å². The van der Waals surface area contributed by atoms with Gasteiger partial charge in [0.25, 0.3) is 0 Å². The highest BCUT2D eigenvalue weighted by Gasteiger charge is 2.45. The Bertz CT molecular complexity index is 638. The minimum atomic E-state index is -1.65. The van der Waals surface area contributed by atoms with Crippen molar-refractivity contribution >= 4 is 12.3 Å². The van der Waals surface area contributed by atoms with E-state index in [0.717, 1.165) is 0 Å². The maximum Gasteiger partial charge on any atom is 0.321 e. The molecule has 2 rings (SSSR count). The highest BCUT2D eigenvalue weighted by Crippen LogP contribution is 2.31. The fourth-order valence-corrected chi connectivity index (χ4v) is 2.66. The van der Waals surface area contributed by atoms with Crippen molar-refractivity contribution in [3.8, 4) is 5.75 Å². The summed E-state index contributed by atoms with van der Waals surface area (Å²) < 4.78 is 10.7. The number of nitrogens with two attached hydrogens (primary N) is 1. The molecule has 0 radical (unpaired) electrons. The predicted molar refractivity (Wildman–Crippen MR) is 85.3 cm³/mol. The second-order valence-corrected chi connectivity index (χ2v) is 5.88. The van der Waals surface area contributed by atoms with Crippen molar-refractivity contribution in [2.75, 3.05) is 6.61 Å². The number of para-hydroxylation sites is 1. The van der Waals surface area contributed by atoms with Crippen LogP contribution in [0.15, 0.2) is 24.3 Å².